The van der Waals surface area contributed by atoms with Crippen LogP contribution in [0.2, 0.25) is 0 Å². The zero-order valence-electron chi connectivity index (χ0n) is 8.53. The standard InChI is InChI=1S/C11H17NOS/c1-9(11-5-3-7-14-11)13-10-4-2-6-12-8-10/h3,5,7,9-10,12H,2,4,6,8H2,1H3/t9-,10+/m0/s1. The van der Waals surface area contributed by atoms with Gasteiger partial charge in [-0.3, -0.25) is 0 Å². The molecule has 1 aliphatic rings. The van der Waals surface area contributed by atoms with Crippen molar-refractivity contribution in [1.82, 2.24) is 5.32 Å². The van der Waals surface area contributed by atoms with E-state index in [1.807, 2.05) is 0 Å². The molecule has 2 heterocycles. The maximum atomic E-state index is 5.98. The van der Waals surface area contributed by atoms with Crippen molar-refractivity contribution in [1.29, 1.82) is 0 Å². The number of hydrogen-bond donors (Lipinski definition) is 1. The van der Waals surface area contributed by atoms with Gasteiger partial charge in [0.2, 0.25) is 0 Å². The maximum absolute atomic E-state index is 5.98. The molecule has 3 heteroatoms. The van der Waals surface area contributed by atoms with Crippen molar-refractivity contribution in [2.45, 2.75) is 32.0 Å². The van der Waals surface area contributed by atoms with Crippen molar-refractivity contribution in [3.8, 4) is 0 Å². The lowest BCUT2D eigenvalue weighted by Crippen LogP contribution is -2.35. The molecule has 2 rings (SSSR count). The van der Waals surface area contributed by atoms with Gasteiger partial charge in [-0.15, -0.1) is 11.3 Å². The second-order valence-electron chi connectivity index (χ2n) is 3.76. The van der Waals surface area contributed by atoms with E-state index in [0.29, 0.717) is 6.10 Å². The molecule has 1 aromatic heterocycles. The molecule has 0 unspecified atom stereocenters. The maximum Gasteiger partial charge on any atom is 0.0893 e. The number of thiophene rings is 1. The molecule has 2 atom stereocenters. The van der Waals surface area contributed by atoms with Crippen molar-refractivity contribution in [2.75, 3.05) is 13.1 Å². The van der Waals surface area contributed by atoms with Gasteiger partial charge in [-0.1, -0.05) is 6.07 Å². The van der Waals surface area contributed by atoms with E-state index in [9.17, 15) is 0 Å². The largest absolute Gasteiger partial charge is 0.368 e. The Bertz CT molecular complexity index is 254. The van der Waals surface area contributed by atoms with Crippen molar-refractivity contribution >= 4 is 11.3 Å². The lowest BCUT2D eigenvalue weighted by molar-refractivity contribution is -0.0133. The SMILES string of the molecule is C[C@H](O[C@@H]1CCCNC1)c1cccs1. The Morgan fingerprint density at radius 3 is 3.21 bits per heavy atom. The second-order valence-corrected chi connectivity index (χ2v) is 4.74. The fourth-order valence-electron chi connectivity index (χ4n) is 1.81. The van der Waals surface area contributed by atoms with Gasteiger partial charge < -0.3 is 10.1 Å². The first-order valence-corrected chi connectivity index (χ1v) is 6.14. The van der Waals surface area contributed by atoms with Crippen molar-refractivity contribution in [3.05, 3.63) is 22.4 Å². The molecule has 1 fully saturated rings. The van der Waals surface area contributed by atoms with Gasteiger partial charge in [-0.2, -0.15) is 0 Å². The zero-order chi connectivity index (χ0) is 9.80. The number of hydrogen-bond acceptors (Lipinski definition) is 3. The molecule has 14 heavy (non-hydrogen) atoms. The van der Waals surface area contributed by atoms with Crippen molar-refractivity contribution in [3.63, 3.8) is 0 Å². The van der Waals surface area contributed by atoms with Crippen LogP contribution < -0.4 is 5.32 Å². The summed E-state index contributed by atoms with van der Waals surface area (Å²) in [7, 11) is 0. The van der Waals surface area contributed by atoms with E-state index in [1.165, 1.54) is 17.7 Å². The van der Waals surface area contributed by atoms with Crippen LogP contribution in [0.15, 0.2) is 17.5 Å². The monoisotopic (exact) mass is 211 g/mol. The first-order chi connectivity index (χ1) is 6.86. The van der Waals surface area contributed by atoms with Crippen LogP contribution in [0.3, 0.4) is 0 Å². The molecule has 0 radical (unpaired) electrons. The highest BCUT2D eigenvalue weighted by Crippen LogP contribution is 2.24. The summed E-state index contributed by atoms with van der Waals surface area (Å²) < 4.78 is 5.98. The molecule has 0 aliphatic carbocycles. The Morgan fingerprint density at radius 1 is 1.64 bits per heavy atom. The third-order valence-electron chi connectivity index (χ3n) is 2.59. The summed E-state index contributed by atoms with van der Waals surface area (Å²) in [4.78, 5) is 1.33. The third-order valence-corrected chi connectivity index (χ3v) is 3.63. The van der Waals surface area contributed by atoms with E-state index in [4.69, 9.17) is 4.74 Å². The Kier molecular flexibility index (Phi) is 3.56. The van der Waals surface area contributed by atoms with Gasteiger partial charge in [0, 0.05) is 11.4 Å². The molecule has 0 bridgehead atoms. The Hall–Kier alpha value is -0.380. The summed E-state index contributed by atoms with van der Waals surface area (Å²) in [6, 6.07) is 4.23. The fourth-order valence-corrected chi connectivity index (χ4v) is 2.53. The third kappa shape index (κ3) is 2.56. The fraction of sp³-hybridized carbons (Fsp3) is 0.636. The van der Waals surface area contributed by atoms with E-state index in [0.717, 1.165) is 13.1 Å². The lowest BCUT2D eigenvalue weighted by Gasteiger charge is -2.26. The minimum absolute atomic E-state index is 0.250. The van der Waals surface area contributed by atoms with E-state index in [-0.39, 0.29) is 6.10 Å². The molecular formula is C11H17NOS. The highest BCUT2D eigenvalue weighted by Gasteiger charge is 2.17. The van der Waals surface area contributed by atoms with Crippen LogP contribution in [-0.2, 0) is 4.74 Å². The van der Waals surface area contributed by atoms with Gasteiger partial charge in [0.15, 0.2) is 0 Å². The van der Waals surface area contributed by atoms with Crippen LogP contribution in [0, 0.1) is 0 Å². The van der Waals surface area contributed by atoms with Crippen LogP contribution >= 0.6 is 11.3 Å². The quantitative estimate of drug-likeness (QED) is 0.829. The van der Waals surface area contributed by atoms with Crippen molar-refractivity contribution < 1.29 is 4.74 Å². The normalized spacial score (nSPS) is 24.8. The Morgan fingerprint density at radius 2 is 2.57 bits per heavy atom. The molecule has 1 aliphatic heterocycles. The van der Waals surface area contributed by atoms with Crippen LogP contribution in [0.4, 0.5) is 0 Å². The number of ether oxygens (including phenoxy) is 1. The minimum Gasteiger partial charge on any atom is -0.368 e. The zero-order valence-corrected chi connectivity index (χ0v) is 9.35. The summed E-state index contributed by atoms with van der Waals surface area (Å²) in [5.41, 5.74) is 0. The molecule has 0 aromatic carbocycles. The molecule has 0 saturated carbocycles. The Balaban J connectivity index is 1.84. The Labute approximate surface area is 89.3 Å². The van der Waals surface area contributed by atoms with E-state index in [2.05, 4.69) is 29.8 Å². The summed E-state index contributed by atoms with van der Waals surface area (Å²) in [5.74, 6) is 0. The van der Waals surface area contributed by atoms with Crippen LogP contribution in [0.5, 0.6) is 0 Å². The van der Waals surface area contributed by atoms with Crippen LogP contribution in [0.25, 0.3) is 0 Å². The van der Waals surface area contributed by atoms with Gasteiger partial charge >= 0.3 is 0 Å². The second kappa shape index (κ2) is 4.91. The van der Waals surface area contributed by atoms with Gasteiger partial charge in [-0.25, -0.2) is 0 Å². The summed E-state index contributed by atoms with van der Waals surface area (Å²) >= 11 is 1.77. The average molecular weight is 211 g/mol. The lowest BCUT2D eigenvalue weighted by atomic mass is 10.1. The van der Waals surface area contributed by atoms with Crippen LogP contribution in [-0.4, -0.2) is 19.2 Å². The van der Waals surface area contributed by atoms with Crippen molar-refractivity contribution in [2.24, 2.45) is 0 Å². The predicted molar refractivity (Wildman–Crippen MR) is 59.7 cm³/mol. The highest BCUT2D eigenvalue weighted by molar-refractivity contribution is 7.10. The molecule has 0 spiro atoms. The van der Waals surface area contributed by atoms with Gasteiger partial charge in [0.05, 0.1) is 12.2 Å². The molecule has 1 N–H and O–H groups in total. The smallest absolute Gasteiger partial charge is 0.0893 e. The van der Waals surface area contributed by atoms with E-state index < -0.39 is 0 Å². The van der Waals surface area contributed by atoms with Gasteiger partial charge in [-0.05, 0) is 37.8 Å². The summed E-state index contributed by atoms with van der Waals surface area (Å²) in [5, 5.41) is 5.47. The molecule has 0 amide bonds. The first-order valence-electron chi connectivity index (χ1n) is 5.26. The average Bonchev–Trinajstić information content (AvgIpc) is 2.72. The number of nitrogens with one attached hydrogen (secondary N) is 1. The molecule has 78 valence electrons. The van der Waals surface area contributed by atoms with Crippen LogP contribution in [0.1, 0.15) is 30.7 Å². The molecule has 2 nitrogen and oxygen atoms in total. The molecular weight excluding hydrogens is 194 g/mol. The van der Waals surface area contributed by atoms with E-state index in [1.54, 1.807) is 11.3 Å². The van der Waals surface area contributed by atoms with Gasteiger partial charge in [0.25, 0.3) is 0 Å². The van der Waals surface area contributed by atoms with E-state index >= 15 is 0 Å². The van der Waals surface area contributed by atoms with Gasteiger partial charge in [0.1, 0.15) is 0 Å². The minimum atomic E-state index is 0.250. The topological polar surface area (TPSA) is 21.3 Å². The first kappa shape index (κ1) is 10.1. The summed E-state index contributed by atoms with van der Waals surface area (Å²) in [6.45, 7) is 4.30. The summed E-state index contributed by atoms with van der Waals surface area (Å²) in [6.07, 6.45) is 3.09. The highest BCUT2D eigenvalue weighted by atomic mass is 32.1. The number of rotatable bonds is 3. The predicted octanol–water partition coefficient (Wildman–Crippen LogP) is 2.58. The number of piperidine rings is 1. The molecule has 1 saturated heterocycles. The molecule has 1 aromatic rings.